The van der Waals surface area contributed by atoms with Gasteiger partial charge in [0.1, 0.15) is 71.0 Å². The number of aliphatic hydroxyl groups excluding tert-OH is 7. The van der Waals surface area contributed by atoms with E-state index in [-0.39, 0.29) is 40.5 Å². The topological polar surface area (TPSA) is 253 Å². The molecule has 0 amide bonds. The standard InChI is InChI=1S/C40H48N2O15/c1-20-4-6-22(7-5-20)18-41-10-12-42(13-11-41)19-31(46)56-29-14-23(8-9-27(29)53-3)28-17-26(45)32-25(44)15-24(16-30(32)55-28)54-40-38(52)35(49)37(51)39(57-40)36(50)34(48)33(47)21(2)43/h4-9,14-17,21,33-40,43-44,47-52H,10-13,18-19H2,1-3H3/t21-,33-,34+,35+,36-,37+,38-,39-,40?/m1/s1. The van der Waals surface area contributed by atoms with Crippen molar-refractivity contribution in [2.24, 2.45) is 0 Å². The fraction of sp³-hybridized carbons (Fsp3) is 0.450. The van der Waals surface area contributed by atoms with E-state index in [9.17, 15) is 50.4 Å². The van der Waals surface area contributed by atoms with Gasteiger partial charge in [-0.3, -0.25) is 19.4 Å². The van der Waals surface area contributed by atoms with E-state index in [1.54, 1.807) is 6.07 Å². The van der Waals surface area contributed by atoms with Crippen LogP contribution in [0.4, 0.5) is 0 Å². The highest BCUT2D eigenvalue weighted by molar-refractivity contribution is 5.86. The number of aliphatic hydroxyl groups is 7. The zero-order chi connectivity index (χ0) is 41.1. The SMILES string of the molecule is COc1ccc(-c2cc(=O)c3c(O)cc(OC4O[C@H]([C@H](O)[C@@H](O)[C@H](O)[C@@H](C)O)[C@@H](O)[C@H](O)[C@H]4O)cc3o2)cc1OC(=O)CN1CCN(Cc2ccc(C)cc2)CC1. The predicted molar refractivity (Wildman–Crippen MR) is 202 cm³/mol. The first kappa shape index (κ1) is 42.0. The second-order valence-corrected chi connectivity index (χ2v) is 14.4. The number of hydrogen-bond acceptors (Lipinski definition) is 17. The molecule has 0 radical (unpaired) electrons. The second-order valence-electron chi connectivity index (χ2n) is 14.4. The average molecular weight is 797 g/mol. The van der Waals surface area contributed by atoms with Gasteiger partial charge in [-0.2, -0.15) is 0 Å². The maximum Gasteiger partial charge on any atom is 0.325 e. The highest BCUT2D eigenvalue weighted by Crippen LogP contribution is 2.36. The zero-order valence-corrected chi connectivity index (χ0v) is 31.5. The summed E-state index contributed by atoms with van der Waals surface area (Å²) in [4.78, 5) is 30.7. The molecule has 2 saturated heterocycles. The maximum atomic E-state index is 13.3. The number of piperazine rings is 1. The molecule has 0 saturated carbocycles. The Morgan fingerprint density at radius 2 is 1.54 bits per heavy atom. The van der Waals surface area contributed by atoms with E-state index < -0.39 is 72.3 Å². The summed E-state index contributed by atoms with van der Waals surface area (Å²) in [5.74, 6) is -1.01. The molecular formula is C40H48N2O15. The molecule has 17 nitrogen and oxygen atoms in total. The Balaban J connectivity index is 1.16. The largest absolute Gasteiger partial charge is 0.507 e. The number of aryl methyl sites for hydroxylation is 1. The Hall–Kier alpha value is -4.66. The van der Waals surface area contributed by atoms with Crippen molar-refractivity contribution in [3.05, 3.63) is 82.0 Å². The zero-order valence-electron chi connectivity index (χ0n) is 31.5. The molecule has 3 heterocycles. The van der Waals surface area contributed by atoms with E-state index in [0.29, 0.717) is 18.7 Å². The Kier molecular flexibility index (Phi) is 13.2. The van der Waals surface area contributed by atoms with Gasteiger partial charge in [-0.05, 0) is 37.6 Å². The van der Waals surface area contributed by atoms with Crippen LogP contribution in [-0.4, -0.2) is 152 Å². The molecule has 6 rings (SSSR count). The molecule has 0 bridgehead atoms. The Labute approximate surface area is 327 Å². The number of carbonyl (C=O) groups excluding carboxylic acids is 1. The molecular weight excluding hydrogens is 748 g/mol. The second kappa shape index (κ2) is 17.9. The van der Waals surface area contributed by atoms with Crippen LogP contribution in [0.2, 0.25) is 0 Å². The fourth-order valence-electron chi connectivity index (χ4n) is 6.83. The number of phenolic OH excluding ortho intramolecular Hbond substituents is 1. The molecule has 57 heavy (non-hydrogen) atoms. The van der Waals surface area contributed by atoms with Gasteiger partial charge in [0.25, 0.3) is 0 Å². The molecule has 17 heteroatoms. The first-order chi connectivity index (χ1) is 27.1. The minimum atomic E-state index is -2.07. The van der Waals surface area contributed by atoms with Crippen LogP contribution in [0.5, 0.6) is 23.0 Å². The third kappa shape index (κ3) is 9.56. The van der Waals surface area contributed by atoms with Crippen LogP contribution in [0.1, 0.15) is 18.1 Å². The quantitative estimate of drug-likeness (QED) is 0.0647. The molecule has 9 atom stereocenters. The number of aromatic hydroxyl groups is 1. The number of hydrogen-bond donors (Lipinski definition) is 8. The Morgan fingerprint density at radius 3 is 2.21 bits per heavy atom. The first-order valence-electron chi connectivity index (χ1n) is 18.4. The summed E-state index contributed by atoms with van der Waals surface area (Å²) >= 11 is 0. The van der Waals surface area contributed by atoms with Gasteiger partial charge in [-0.1, -0.05) is 29.8 Å². The summed E-state index contributed by atoms with van der Waals surface area (Å²) in [6.45, 7) is 6.98. The molecule has 3 aromatic carbocycles. The van der Waals surface area contributed by atoms with Crippen molar-refractivity contribution in [1.29, 1.82) is 0 Å². The fourth-order valence-corrected chi connectivity index (χ4v) is 6.83. The van der Waals surface area contributed by atoms with E-state index in [1.165, 1.54) is 36.4 Å². The molecule has 1 unspecified atom stereocenters. The van der Waals surface area contributed by atoms with E-state index >= 15 is 0 Å². The van der Waals surface area contributed by atoms with Gasteiger partial charge in [-0.15, -0.1) is 0 Å². The van der Waals surface area contributed by atoms with E-state index in [1.807, 2.05) is 4.90 Å². The van der Waals surface area contributed by atoms with Crippen molar-refractivity contribution in [3.63, 3.8) is 0 Å². The molecule has 308 valence electrons. The molecule has 8 N–H and O–H groups in total. The monoisotopic (exact) mass is 796 g/mol. The molecule has 2 fully saturated rings. The van der Waals surface area contributed by atoms with Crippen LogP contribution < -0.4 is 19.6 Å². The molecule has 1 aromatic heterocycles. The lowest BCUT2D eigenvalue weighted by atomic mass is 9.90. The minimum Gasteiger partial charge on any atom is -0.507 e. The normalized spacial score (nSPS) is 24.1. The number of esters is 1. The first-order valence-corrected chi connectivity index (χ1v) is 18.4. The number of phenols is 1. The number of fused-ring (bicyclic) bond motifs is 1. The molecule has 0 aliphatic carbocycles. The van der Waals surface area contributed by atoms with Gasteiger partial charge in [0.05, 0.1) is 19.8 Å². The van der Waals surface area contributed by atoms with Crippen molar-refractivity contribution in [3.8, 4) is 34.3 Å². The lowest BCUT2D eigenvalue weighted by Gasteiger charge is -2.43. The van der Waals surface area contributed by atoms with Crippen molar-refractivity contribution < 1.29 is 69.0 Å². The van der Waals surface area contributed by atoms with Crippen LogP contribution in [-0.2, 0) is 16.1 Å². The minimum absolute atomic E-state index is 0.00930. The number of ether oxygens (including phenoxy) is 4. The van der Waals surface area contributed by atoms with Crippen LogP contribution in [0.25, 0.3) is 22.3 Å². The number of carbonyl (C=O) groups is 1. The van der Waals surface area contributed by atoms with Crippen molar-refractivity contribution >= 4 is 16.9 Å². The van der Waals surface area contributed by atoms with Crippen LogP contribution in [0.3, 0.4) is 0 Å². The smallest absolute Gasteiger partial charge is 0.325 e. The molecule has 2 aliphatic heterocycles. The lowest BCUT2D eigenvalue weighted by Crippen LogP contribution is -2.64. The summed E-state index contributed by atoms with van der Waals surface area (Å²) in [7, 11) is 1.41. The summed E-state index contributed by atoms with van der Waals surface area (Å²) in [6.07, 6.45) is -17.0. The van der Waals surface area contributed by atoms with Crippen molar-refractivity contribution in [2.45, 2.75) is 75.5 Å². The summed E-state index contributed by atoms with van der Waals surface area (Å²) < 4.78 is 28.3. The van der Waals surface area contributed by atoms with E-state index in [2.05, 4.69) is 36.1 Å². The highest BCUT2D eigenvalue weighted by Gasteiger charge is 2.50. The Bertz CT molecular complexity index is 2070. The van der Waals surface area contributed by atoms with Crippen LogP contribution >= 0.6 is 0 Å². The highest BCUT2D eigenvalue weighted by atomic mass is 16.7. The van der Waals surface area contributed by atoms with Gasteiger partial charge >= 0.3 is 5.97 Å². The van der Waals surface area contributed by atoms with Gasteiger partial charge in [-0.25, -0.2) is 0 Å². The predicted octanol–water partition coefficient (Wildman–Crippen LogP) is -0.144. The van der Waals surface area contributed by atoms with Crippen LogP contribution in [0, 0.1) is 6.92 Å². The van der Waals surface area contributed by atoms with E-state index in [4.69, 9.17) is 23.4 Å². The van der Waals surface area contributed by atoms with Crippen molar-refractivity contribution in [2.75, 3.05) is 39.8 Å². The van der Waals surface area contributed by atoms with Gasteiger partial charge in [0, 0.05) is 56.5 Å². The third-order valence-corrected chi connectivity index (χ3v) is 10.2. The number of nitrogens with zero attached hydrogens (tertiary/aromatic N) is 2. The summed E-state index contributed by atoms with van der Waals surface area (Å²) in [6, 6.07) is 16.3. The van der Waals surface area contributed by atoms with Crippen molar-refractivity contribution in [1.82, 2.24) is 9.80 Å². The Morgan fingerprint density at radius 1 is 0.860 bits per heavy atom. The molecule has 2 aliphatic rings. The van der Waals surface area contributed by atoms with Crippen LogP contribution in [0.15, 0.2) is 69.9 Å². The molecule has 0 spiro atoms. The molecule has 4 aromatic rings. The number of benzene rings is 3. The van der Waals surface area contributed by atoms with E-state index in [0.717, 1.165) is 38.7 Å². The summed E-state index contributed by atoms with van der Waals surface area (Å²) in [5.41, 5.74) is 1.92. The average Bonchev–Trinajstić information content (AvgIpc) is 3.18. The number of methoxy groups -OCH3 is 1. The third-order valence-electron chi connectivity index (χ3n) is 10.2. The lowest BCUT2D eigenvalue weighted by molar-refractivity contribution is -0.298. The van der Waals surface area contributed by atoms with Gasteiger partial charge in [0.2, 0.25) is 6.29 Å². The van der Waals surface area contributed by atoms with Gasteiger partial charge in [0.15, 0.2) is 16.9 Å². The van der Waals surface area contributed by atoms with Gasteiger partial charge < -0.3 is 64.2 Å². The maximum absolute atomic E-state index is 13.3. The number of rotatable bonds is 13. The summed E-state index contributed by atoms with van der Waals surface area (Å²) in [5, 5.41) is 82.8.